The van der Waals surface area contributed by atoms with Gasteiger partial charge in [0, 0.05) is 18.0 Å². The Balaban J connectivity index is 2.34. The third-order valence-electron chi connectivity index (χ3n) is 1.97. The second-order valence-corrected chi connectivity index (χ2v) is 3.02. The summed E-state index contributed by atoms with van der Waals surface area (Å²) in [6.07, 6.45) is 4.36. The van der Waals surface area contributed by atoms with Gasteiger partial charge in [0.1, 0.15) is 11.5 Å². The van der Waals surface area contributed by atoms with Crippen molar-refractivity contribution in [1.82, 2.24) is 15.0 Å². The number of nitrogens with one attached hydrogen (secondary N) is 1. The molecule has 2 rings (SSSR count). The number of aromatic amines is 1. The molecule has 0 aromatic carbocycles. The van der Waals surface area contributed by atoms with E-state index < -0.39 is 11.8 Å². The first-order chi connectivity index (χ1) is 7.68. The highest BCUT2D eigenvalue weighted by Gasteiger charge is 2.17. The van der Waals surface area contributed by atoms with E-state index in [9.17, 15) is 9.59 Å². The van der Waals surface area contributed by atoms with Crippen molar-refractivity contribution in [3.63, 3.8) is 0 Å². The number of carboxylic acid groups (broad SMARTS) is 1. The zero-order valence-electron chi connectivity index (χ0n) is 8.04. The fraction of sp³-hybridized carbons (Fsp3) is 0. The molecule has 2 heterocycles. The smallest absolute Gasteiger partial charge is 0.378 e. The van der Waals surface area contributed by atoms with Crippen LogP contribution in [-0.4, -0.2) is 31.8 Å². The first-order valence-electron chi connectivity index (χ1n) is 4.41. The van der Waals surface area contributed by atoms with Crippen LogP contribution in [0.25, 0.3) is 11.4 Å². The standard InChI is InChI=1S/C10H7N3O3/c14-8(10(15)16)7-5-12-9(13-7)6-1-3-11-4-2-6/h1-5H,(H,12,13)(H,15,16). The molecule has 0 aliphatic rings. The summed E-state index contributed by atoms with van der Waals surface area (Å²) >= 11 is 0. The quantitative estimate of drug-likeness (QED) is 0.583. The number of Topliss-reactive ketones (excluding diaryl/α,β-unsaturated/α-hetero) is 1. The molecule has 80 valence electrons. The molecule has 0 radical (unpaired) electrons. The molecule has 0 aliphatic carbocycles. The highest BCUT2D eigenvalue weighted by molar-refractivity contribution is 6.39. The third kappa shape index (κ3) is 1.81. The molecule has 2 N–H and O–H groups in total. The van der Waals surface area contributed by atoms with E-state index in [1.54, 1.807) is 24.5 Å². The van der Waals surface area contributed by atoms with Crippen LogP contribution in [0.2, 0.25) is 0 Å². The zero-order chi connectivity index (χ0) is 11.5. The monoisotopic (exact) mass is 217 g/mol. The number of carboxylic acids is 1. The van der Waals surface area contributed by atoms with Crippen molar-refractivity contribution < 1.29 is 14.7 Å². The van der Waals surface area contributed by atoms with E-state index >= 15 is 0 Å². The summed E-state index contributed by atoms with van der Waals surface area (Å²) in [6, 6.07) is 3.40. The summed E-state index contributed by atoms with van der Waals surface area (Å²) in [7, 11) is 0. The lowest BCUT2D eigenvalue weighted by atomic mass is 10.2. The largest absolute Gasteiger partial charge is 0.475 e. The minimum atomic E-state index is -1.51. The third-order valence-corrected chi connectivity index (χ3v) is 1.97. The highest BCUT2D eigenvalue weighted by atomic mass is 16.4. The molecular weight excluding hydrogens is 210 g/mol. The van der Waals surface area contributed by atoms with Crippen molar-refractivity contribution in [2.45, 2.75) is 0 Å². The van der Waals surface area contributed by atoms with Gasteiger partial charge in [0.05, 0.1) is 6.20 Å². The maximum absolute atomic E-state index is 11.1. The van der Waals surface area contributed by atoms with Crippen LogP contribution in [0.1, 0.15) is 10.5 Å². The van der Waals surface area contributed by atoms with Gasteiger partial charge < -0.3 is 10.1 Å². The van der Waals surface area contributed by atoms with Gasteiger partial charge in [-0.25, -0.2) is 9.78 Å². The Hall–Kier alpha value is -2.50. The predicted molar refractivity (Wildman–Crippen MR) is 53.8 cm³/mol. The van der Waals surface area contributed by atoms with E-state index in [0.29, 0.717) is 5.82 Å². The number of hydrogen-bond donors (Lipinski definition) is 2. The molecule has 0 saturated carbocycles. The molecule has 0 aliphatic heterocycles. The summed E-state index contributed by atoms with van der Waals surface area (Å²) in [4.78, 5) is 31.9. The van der Waals surface area contributed by atoms with Crippen LogP contribution in [0, 0.1) is 0 Å². The van der Waals surface area contributed by atoms with Crippen molar-refractivity contribution >= 4 is 11.8 Å². The predicted octanol–water partition coefficient (Wildman–Crippen LogP) is 0.739. The number of hydrogen-bond acceptors (Lipinski definition) is 4. The Kier molecular flexibility index (Phi) is 2.47. The summed E-state index contributed by atoms with van der Waals surface area (Å²) < 4.78 is 0. The molecule has 6 nitrogen and oxygen atoms in total. The molecular formula is C10H7N3O3. The number of H-pyrrole nitrogens is 1. The average Bonchev–Trinajstić information content (AvgIpc) is 2.78. The molecule has 2 aromatic rings. The van der Waals surface area contributed by atoms with Gasteiger partial charge in [-0.3, -0.25) is 9.78 Å². The van der Waals surface area contributed by atoms with Crippen LogP contribution in [0.5, 0.6) is 0 Å². The topological polar surface area (TPSA) is 95.9 Å². The molecule has 0 saturated heterocycles. The molecule has 0 spiro atoms. The van der Waals surface area contributed by atoms with Crippen LogP contribution < -0.4 is 0 Å². The maximum atomic E-state index is 11.1. The summed E-state index contributed by atoms with van der Waals surface area (Å²) in [5.41, 5.74) is 0.693. The average molecular weight is 217 g/mol. The summed E-state index contributed by atoms with van der Waals surface area (Å²) in [5, 5.41) is 8.51. The van der Waals surface area contributed by atoms with Gasteiger partial charge in [-0.05, 0) is 12.1 Å². The Morgan fingerprint density at radius 2 is 1.94 bits per heavy atom. The van der Waals surface area contributed by atoms with E-state index in [-0.39, 0.29) is 5.69 Å². The molecule has 2 aromatic heterocycles. The molecule has 0 fully saturated rings. The van der Waals surface area contributed by atoms with E-state index in [4.69, 9.17) is 5.11 Å². The van der Waals surface area contributed by atoms with Crippen LogP contribution in [0.3, 0.4) is 0 Å². The lowest BCUT2D eigenvalue weighted by molar-refractivity contribution is -0.131. The van der Waals surface area contributed by atoms with E-state index in [2.05, 4.69) is 15.0 Å². The zero-order valence-corrected chi connectivity index (χ0v) is 8.04. The number of pyridine rings is 1. The number of carbonyl (C=O) groups excluding carboxylic acids is 1. The van der Waals surface area contributed by atoms with Crippen LogP contribution in [0.4, 0.5) is 0 Å². The second kappa shape index (κ2) is 3.93. The van der Waals surface area contributed by atoms with Crippen molar-refractivity contribution in [3.8, 4) is 11.4 Å². The van der Waals surface area contributed by atoms with E-state index in [1.807, 2.05) is 0 Å². The SMILES string of the molecule is O=C(O)C(=O)c1cnc(-c2ccncc2)[nH]1. The number of rotatable bonds is 3. The van der Waals surface area contributed by atoms with Gasteiger partial charge in [-0.15, -0.1) is 0 Å². The van der Waals surface area contributed by atoms with Gasteiger partial charge in [0.15, 0.2) is 0 Å². The number of carbonyl (C=O) groups is 2. The Morgan fingerprint density at radius 1 is 1.25 bits per heavy atom. The van der Waals surface area contributed by atoms with Gasteiger partial charge in [0.2, 0.25) is 0 Å². The first-order valence-corrected chi connectivity index (χ1v) is 4.41. The van der Waals surface area contributed by atoms with Crippen LogP contribution in [-0.2, 0) is 4.79 Å². The van der Waals surface area contributed by atoms with Crippen LogP contribution in [0.15, 0.2) is 30.7 Å². The lowest BCUT2D eigenvalue weighted by Crippen LogP contribution is -2.12. The Morgan fingerprint density at radius 3 is 2.56 bits per heavy atom. The van der Waals surface area contributed by atoms with Crippen molar-refractivity contribution in [1.29, 1.82) is 0 Å². The summed E-state index contributed by atoms with van der Waals surface area (Å²) in [5.74, 6) is -2.08. The Bertz CT molecular complexity index is 533. The minimum Gasteiger partial charge on any atom is -0.475 e. The van der Waals surface area contributed by atoms with E-state index in [0.717, 1.165) is 5.56 Å². The van der Waals surface area contributed by atoms with Gasteiger partial charge in [-0.1, -0.05) is 0 Å². The number of aliphatic carboxylic acids is 1. The van der Waals surface area contributed by atoms with Crippen molar-refractivity contribution in [2.75, 3.05) is 0 Å². The fourth-order valence-electron chi connectivity index (χ4n) is 1.21. The van der Waals surface area contributed by atoms with Crippen molar-refractivity contribution in [3.05, 3.63) is 36.4 Å². The number of ketones is 1. The highest BCUT2D eigenvalue weighted by Crippen LogP contribution is 2.13. The summed E-state index contributed by atoms with van der Waals surface area (Å²) in [6.45, 7) is 0. The van der Waals surface area contributed by atoms with Crippen LogP contribution >= 0.6 is 0 Å². The van der Waals surface area contributed by atoms with Gasteiger partial charge in [0.25, 0.3) is 5.78 Å². The fourth-order valence-corrected chi connectivity index (χ4v) is 1.21. The molecule has 0 amide bonds. The van der Waals surface area contributed by atoms with Crippen molar-refractivity contribution in [2.24, 2.45) is 0 Å². The normalized spacial score (nSPS) is 10.0. The Labute approximate surface area is 90.0 Å². The molecule has 0 unspecified atom stereocenters. The van der Waals surface area contributed by atoms with Gasteiger partial charge >= 0.3 is 5.97 Å². The maximum Gasteiger partial charge on any atom is 0.378 e. The number of aromatic nitrogens is 3. The number of nitrogens with zero attached hydrogens (tertiary/aromatic N) is 2. The minimum absolute atomic E-state index is 0.0423. The lowest BCUT2D eigenvalue weighted by Gasteiger charge is -1.94. The molecule has 6 heteroatoms. The molecule has 0 atom stereocenters. The first kappa shape index (κ1) is 10.0. The second-order valence-electron chi connectivity index (χ2n) is 3.02. The number of imidazole rings is 1. The molecule has 16 heavy (non-hydrogen) atoms. The van der Waals surface area contributed by atoms with Gasteiger partial charge in [-0.2, -0.15) is 0 Å². The van der Waals surface area contributed by atoms with E-state index in [1.165, 1.54) is 6.20 Å². The molecule has 0 bridgehead atoms.